The lowest BCUT2D eigenvalue weighted by Crippen LogP contribution is -2.18. The Morgan fingerprint density at radius 2 is 1.86 bits per heavy atom. The first kappa shape index (κ1) is 13.4. The van der Waals surface area contributed by atoms with Crippen LogP contribution in [0, 0.1) is 18.7 Å². The summed E-state index contributed by atoms with van der Waals surface area (Å²) in [7, 11) is 0. The zero-order valence-corrected chi connectivity index (χ0v) is 9.57. The van der Waals surface area contributed by atoms with Crippen molar-refractivity contribution >= 4 is 12.4 Å². The number of hydrogen-bond acceptors (Lipinski definition) is 1. The Hall–Kier alpha value is -0.600. The lowest BCUT2D eigenvalue weighted by Gasteiger charge is -2.17. The molecule has 0 aliphatic rings. The van der Waals surface area contributed by atoms with Gasteiger partial charge in [-0.25, -0.2) is 4.39 Å². The normalized spacial score (nSPS) is 12.4. The van der Waals surface area contributed by atoms with Gasteiger partial charge >= 0.3 is 0 Å². The molecular weight excluding hydrogens is 201 g/mol. The Morgan fingerprint density at radius 3 is 2.36 bits per heavy atom. The van der Waals surface area contributed by atoms with E-state index < -0.39 is 0 Å². The predicted molar refractivity (Wildman–Crippen MR) is 60.2 cm³/mol. The van der Waals surface area contributed by atoms with Crippen molar-refractivity contribution in [3.8, 4) is 0 Å². The van der Waals surface area contributed by atoms with Crippen molar-refractivity contribution in [1.82, 2.24) is 0 Å². The lowest BCUT2D eigenvalue weighted by atomic mass is 9.95. The summed E-state index contributed by atoms with van der Waals surface area (Å²) < 4.78 is 13.5. The first-order valence-electron chi connectivity index (χ1n) is 4.54. The van der Waals surface area contributed by atoms with E-state index in [1.54, 1.807) is 19.1 Å². The molecule has 0 radical (unpaired) electrons. The van der Waals surface area contributed by atoms with Crippen molar-refractivity contribution in [2.75, 3.05) is 0 Å². The maximum absolute atomic E-state index is 13.5. The maximum atomic E-state index is 13.5. The average molecular weight is 218 g/mol. The van der Waals surface area contributed by atoms with E-state index >= 15 is 0 Å². The molecule has 0 amide bonds. The molecule has 0 aromatic heterocycles. The SMILES string of the molecule is Cc1cccc(C(N)C(C)C)c1F.Cl. The summed E-state index contributed by atoms with van der Waals surface area (Å²) in [4.78, 5) is 0. The predicted octanol–water partition coefficient (Wildman–Crippen LogP) is 3.21. The summed E-state index contributed by atoms with van der Waals surface area (Å²) in [5.74, 6) is 0.0972. The molecule has 0 aliphatic carbocycles. The molecule has 1 aromatic rings. The molecule has 0 aliphatic heterocycles. The van der Waals surface area contributed by atoms with Gasteiger partial charge in [-0.1, -0.05) is 32.0 Å². The summed E-state index contributed by atoms with van der Waals surface area (Å²) >= 11 is 0. The first-order valence-corrected chi connectivity index (χ1v) is 4.54. The second-order valence-corrected chi connectivity index (χ2v) is 3.75. The van der Waals surface area contributed by atoms with Gasteiger partial charge in [-0.15, -0.1) is 12.4 Å². The summed E-state index contributed by atoms with van der Waals surface area (Å²) in [6.07, 6.45) is 0. The van der Waals surface area contributed by atoms with Crippen molar-refractivity contribution in [3.05, 3.63) is 35.1 Å². The van der Waals surface area contributed by atoms with E-state index in [4.69, 9.17) is 5.73 Å². The van der Waals surface area contributed by atoms with Gasteiger partial charge in [0.05, 0.1) is 0 Å². The van der Waals surface area contributed by atoms with Crippen LogP contribution in [-0.2, 0) is 0 Å². The third-order valence-electron chi connectivity index (χ3n) is 2.30. The van der Waals surface area contributed by atoms with Gasteiger partial charge < -0.3 is 5.73 Å². The molecule has 80 valence electrons. The van der Waals surface area contributed by atoms with Gasteiger partial charge in [-0.3, -0.25) is 0 Å². The van der Waals surface area contributed by atoms with Crippen molar-refractivity contribution in [2.24, 2.45) is 11.7 Å². The molecule has 1 atom stereocenters. The number of benzene rings is 1. The fourth-order valence-electron chi connectivity index (χ4n) is 1.29. The van der Waals surface area contributed by atoms with E-state index in [2.05, 4.69) is 0 Å². The molecule has 0 heterocycles. The molecule has 2 N–H and O–H groups in total. The number of halogens is 2. The van der Waals surface area contributed by atoms with Gasteiger partial charge in [0.25, 0.3) is 0 Å². The van der Waals surface area contributed by atoms with Crippen molar-refractivity contribution < 1.29 is 4.39 Å². The van der Waals surface area contributed by atoms with E-state index in [9.17, 15) is 4.39 Å². The van der Waals surface area contributed by atoms with Gasteiger partial charge in [0.1, 0.15) is 5.82 Å². The first-order chi connectivity index (χ1) is 6.04. The van der Waals surface area contributed by atoms with Crippen molar-refractivity contribution in [3.63, 3.8) is 0 Å². The van der Waals surface area contributed by atoms with Gasteiger partial charge in [0, 0.05) is 11.6 Å². The smallest absolute Gasteiger partial charge is 0.130 e. The van der Waals surface area contributed by atoms with E-state index in [1.165, 1.54) is 0 Å². The van der Waals surface area contributed by atoms with Gasteiger partial charge in [-0.2, -0.15) is 0 Å². The van der Waals surface area contributed by atoms with E-state index in [0.717, 1.165) is 0 Å². The second-order valence-electron chi connectivity index (χ2n) is 3.75. The van der Waals surface area contributed by atoms with Gasteiger partial charge in [0.15, 0.2) is 0 Å². The average Bonchev–Trinajstić information content (AvgIpc) is 2.08. The fraction of sp³-hybridized carbons (Fsp3) is 0.455. The summed E-state index contributed by atoms with van der Waals surface area (Å²) in [5, 5.41) is 0. The summed E-state index contributed by atoms with van der Waals surface area (Å²) in [5.41, 5.74) is 7.15. The molecule has 3 heteroatoms. The van der Waals surface area contributed by atoms with Crippen LogP contribution >= 0.6 is 12.4 Å². The zero-order valence-electron chi connectivity index (χ0n) is 8.75. The topological polar surface area (TPSA) is 26.0 Å². The highest BCUT2D eigenvalue weighted by Gasteiger charge is 2.15. The Kier molecular flexibility index (Phi) is 5.09. The third-order valence-corrected chi connectivity index (χ3v) is 2.30. The minimum absolute atomic E-state index is 0. The zero-order chi connectivity index (χ0) is 10.0. The number of rotatable bonds is 2. The molecule has 0 spiro atoms. The summed E-state index contributed by atoms with van der Waals surface area (Å²) in [6, 6.07) is 5.15. The Labute approximate surface area is 90.9 Å². The van der Waals surface area contributed by atoms with Crippen LogP contribution in [0.15, 0.2) is 18.2 Å². The third kappa shape index (κ3) is 2.69. The molecule has 14 heavy (non-hydrogen) atoms. The number of aryl methyl sites for hydroxylation is 1. The molecule has 0 saturated heterocycles. The highest BCUT2D eigenvalue weighted by Crippen LogP contribution is 2.23. The van der Waals surface area contributed by atoms with Crippen LogP contribution in [0.2, 0.25) is 0 Å². The highest BCUT2D eigenvalue weighted by molar-refractivity contribution is 5.85. The standard InChI is InChI=1S/C11H16FN.ClH/c1-7(2)11(13)9-6-4-5-8(3)10(9)12;/h4-7,11H,13H2,1-3H3;1H. The molecule has 0 fully saturated rings. The minimum Gasteiger partial charge on any atom is -0.324 e. The van der Waals surface area contributed by atoms with Crippen LogP contribution in [0.4, 0.5) is 4.39 Å². The van der Waals surface area contributed by atoms with Crippen LogP contribution in [0.5, 0.6) is 0 Å². The highest BCUT2D eigenvalue weighted by atomic mass is 35.5. The van der Waals surface area contributed by atoms with E-state index in [-0.39, 0.29) is 30.2 Å². The van der Waals surface area contributed by atoms with Gasteiger partial charge in [-0.05, 0) is 18.4 Å². The molecule has 1 unspecified atom stereocenters. The Morgan fingerprint density at radius 1 is 1.29 bits per heavy atom. The minimum atomic E-state index is -0.208. The van der Waals surface area contributed by atoms with Crippen molar-refractivity contribution in [2.45, 2.75) is 26.8 Å². The van der Waals surface area contributed by atoms with Crippen LogP contribution in [0.3, 0.4) is 0 Å². The van der Waals surface area contributed by atoms with Gasteiger partial charge in [0.2, 0.25) is 0 Å². The largest absolute Gasteiger partial charge is 0.324 e. The Balaban J connectivity index is 0.00000169. The van der Waals surface area contributed by atoms with Crippen LogP contribution in [0.1, 0.15) is 31.0 Å². The molecule has 0 bridgehead atoms. The monoisotopic (exact) mass is 217 g/mol. The van der Waals surface area contributed by atoms with Crippen molar-refractivity contribution in [1.29, 1.82) is 0 Å². The second kappa shape index (κ2) is 5.32. The molecule has 0 saturated carbocycles. The van der Waals surface area contributed by atoms with Crippen LogP contribution in [-0.4, -0.2) is 0 Å². The quantitative estimate of drug-likeness (QED) is 0.809. The molecule has 1 rings (SSSR count). The Bertz CT molecular complexity index is 299. The fourth-order valence-corrected chi connectivity index (χ4v) is 1.29. The number of hydrogen-bond donors (Lipinski definition) is 1. The maximum Gasteiger partial charge on any atom is 0.130 e. The van der Waals surface area contributed by atoms with E-state index in [1.807, 2.05) is 19.9 Å². The van der Waals surface area contributed by atoms with Crippen LogP contribution < -0.4 is 5.73 Å². The van der Waals surface area contributed by atoms with E-state index in [0.29, 0.717) is 11.1 Å². The molecule has 1 aromatic carbocycles. The molecular formula is C11H17ClFN. The molecule has 1 nitrogen and oxygen atoms in total. The summed E-state index contributed by atoms with van der Waals surface area (Å²) in [6.45, 7) is 5.74. The van der Waals surface area contributed by atoms with Crippen LogP contribution in [0.25, 0.3) is 0 Å². The number of nitrogens with two attached hydrogens (primary N) is 1. The lowest BCUT2D eigenvalue weighted by molar-refractivity contribution is 0.483.